The number of aryl methyl sites for hydroxylation is 2. The molecule has 0 atom stereocenters. The molecule has 0 unspecified atom stereocenters. The number of amides is 1. The number of morpholine rings is 1. The van der Waals surface area contributed by atoms with E-state index in [9.17, 15) is 10.1 Å². The minimum absolute atomic E-state index is 0.0361. The van der Waals surface area contributed by atoms with Gasteiger partial charge in [0, 0.05) is 24.2 Å². The molecule has 1 fully saturated rings. The molecule has 2 aromatic carbocycles. The molecule has 2 aliphatic rings. The van der Waals surface area contributed by atoms with E-state index in [2.05, 4.69) is 17.3 Å². The first-order valence-electron chi connectivity index (χ1n) is 10.1. The molecule has 0 radical (unpaired) electrons. The number of carbonyl (C=O) groups is 1. The molecule has 3 aromatic rings. The number of hydrogen-bond donors (Lipinski definition) is 0. The first kappa shape index (κ1) is 18.6. The fraction of sp³-hybridized carbons (Fsp3) is 0.292. The Morgan fingerprint density at radius 3 is 2.63 bits per heavy atom. The minimum Gasteiger partial charge on any atom is -0.378 e. The summed E-state index contributed by atoms with van der Waals surface area (Å²) >= 11 is 0. The molecule has 0 spiro atoms. The quantitative estimate of drug-likeness (QED) is 0.511. The summed E-state index contributed by atoms with van der Waals surface area (Å²) in [5, 5.41) is 13.8. The zero-order valence-electron chi connectivity index (χ0n) is 17.0. The molecule has 0 N–H and O–H groups in total. The number of fused-ring (bicyclic) bond motifs is 3. The Bertz CT molecular complexity index is 1190. The zero-order chi connectivity index (χ0) is 20.8. The number of carbonyl (C=O) groups excluding carboxylic acids is 1. The highest BCUT2D eigenvalue weighted by atomic mass is 16.5. The van der Waals surface area contributed by atoms with Gasteiger partial charge >= 0.3 is 0 Å². The van der Waals surface area contributed by atoms with Gasteiger partial charge in [0.1, 0.15) is 5.76 Å². The van der Waals surface area contributed by atoms with Crippen LogP contribution >= 0.6 is 0 Å². The van der Waals surface area contributed by atoms with E-state index in [1.165, 1.54) is 0 Å². The zero-order valence-corrected chi connectivity index (χ0v) is 17.0. The van der Waals surface area contributed by atoms with Crippen LogP contribution in [0.25, 0.3) is 22.3 Å². The van der Waals surface area contributed by atoms with Gasteiger partial charge in [-0.05, 0) is 72.4 Å². The molecular weight excluding hydrogens is 378 g/mol. The van der Waals surface area contributed by atoms with Crippen LogP contribution in [0.1, 0.15) is 38.5 Å². The fourth-order valence-corrected chi connectivity index (χ4v) is 4.52. The van der Waals surface area contributed by atoms with Crippen LogP contribution in [0.3, 0.4) is 0 Å². The first-order chi connectivity index (χ1) is 14.6. The second kappa shape index (κ2) is 7.12. The lowest BCUT2D eigenvalue weighted by atomic mass is 9.94. The van der Waals surface area contributed by atoms with Crippen LogP contribution in [-0.2, 0) is 11.2 Å². The van der Waals surface area contributed by atoms with Gasteiger partial charge in [0.2, 0.25) is 0 Å². The Morgan fingerprint density at radius 2 is 1.93 bits per heavy atom. The van der Waals surface area contributed by atoms with E-state index in [-0.39, 0.29) is 5.91 Å². The summed E-state index contributed by atoms with van der Waals surface area (Å²) in [6, 6.07) is 12.2. The summed E-state index contributed by atoms with van der Waals surface area (Å²) in [6.45, 7) is 6.19. The summed E-state index contributed by atoms with van der Waals surface area (Å²) < 4.78 is 10.7. The second-order valence-electron chi connectivity index (χ2n) is 7.81. The minimum atomic E-state index is 0.0361. The summed E-state index contributed by atoms with van der Waals surface area (Å²) in [6.07, 6.45) is 0.652. The van der Waals surface area contributed by atoms with E-state index >= 15 is 0 Å². The lowest BCUT2D eigenvalue weighted by Gasteiger charge is -2.27. The average Bonchev–Trinajstić information content (AvgIpc) is 3.31. The molecule has 30 heavy (non-hydrogen) atoms. The lowest BCUT2D eigenvalue weighted by Crippen LogP contribution is -2.40. The maximum Gasteiger partial charge on any atom is 0.254 e. The van der Waals surface area contributed by atoms with Crippen molar-refractivity contribution >= 4 is 5.91 Å². The Morgan fingerprint density at radius 1 is 1.13 bits per heavy atom. The smallest absolute Gasteiger partial charge is 0.254 e. The summed E-state index contributed by atoms with van der Waals surface area (Å²) in [5.41, 5.74) is 8.23. The van der Waals surface area contributed by atoms with Gasteiger partial charge in [0.25, 0.3) is 5.91 Å². The van der Waals surface area contributed by atoms with E-state index in [1.807, 2.05) is 43.0 Å². The molecule has 0 saturated carbocycles. The molecular formula is C24H21N3O3. The Labute approximate surface area is 174 Å². The third-order valence-electron chi connectivity index (χ3n) is 6.00. The molecule has 150 valence electrons. The molecule has 1 amide bonds. The number of nitrogens with zero attached hydrogens (tertiary/aromatic N) is 3. The highest BCUT2D eigenvalue weighted by Crippen LogP contribution is 2.42. The first-order valence-corrected chi connectivity index (χ1v) is 10.1. The van der Waals surface area contributed by atoms with Gasteiger partial charge in [-0.15, -0.1) is 0 Å². The van der Waals surface area contributed by atoms with Gasteiger partial charge in [0.15, 0.2) is 0 Å². The standard InChI is InChI=1S/C24H21N3O3/c1-14-23(15(2)30-26-14)18-10-19(13-25)21-11-17-9-16(3-4-20(17)22(21)12-18)24(28)27-5-7-29-8-6-27/h3-4,9-10,12H,5-8,11H2,1-2H3. The molecule has 6 heteroatoms. The lowest BCUT2D eigenvalue weighted by molar-refractivity contribution is 0.0303. The Balaban J connectivity index is 1.56. The summed E-state index contributed by atoms with van der Waals surface area (Å²) in [5.74, 6) is 0.773. The summed E-state index contributed by atoms with van der Waals surface area (Å²) in [4.78, 5) is 14.7. The van der Waals surface area contributed by atoms with Crippen LogP contribution < -0.4 is 0 Å². The third kappa shape index (κ3) is 2.90. The molecule has 6 nitrogen and oxygen atoms in total. The maximum absolute atomic E-state index is 12.9. The van der Waals surface area contributed by atoms with Gasteiger partial charge in [-0.25, -0.2) is 0 Å². The molecule has 2 heterocycles. The maximum atomic E-state index is 12.9. The van der Waals surface area contributed by atoms with Crippen LogP contribution in [0, 0.1) is 25.2 Å². The molecule has 0 bridgehead atoms. The average molecular weight is 399 g/mol. The van der Waals surface area contributed by atoms with Crippen molar-refractivity contribution in [1.29, 1.82) is 5.26 Å². The number of benzene rings is 2. The second-order valence-corrected chi connectivity index (χ2v) is 7.81. The van der Waals surface area contributed by atoms with Crippen molar-refractivity contribution in [3.8, 4) is 28.3 Å². The van der Waals surface area contributed by atoms with Crippen molar-refractivity contribution in [3.05, 3.63) is 64.0 Å². The van der Waals surface area contributed by atoms with Crippen LogP contribution in [0.4, 0.5) is 0 Å². The SMILES string of the molecule is Cc1noc(C)c1-c1cc(C#N)c2c(c1)-c1ccc(C(=O)N3CCOCC3)cc1C2. The normalized spacial score (nSPS) is 14.9. The number of ether oxygens (including phenoxy) is 1. The summed E-state index contributed by atoms with van der Waals surface area (Å²) in [7, 11) is 0. The number of aromatic nitrogens is 1. The topological polar surface area (TPSA) is 79.4 Å². The van der Waals surface area contributed by atoms with Crippen molar-refractivity contribution in [1.82, 2.24) is 10.1 Å². The number of hydrogen-bond acceptors (Lipinski definition) is 5. The molecule has 1 aliphatic carbocycles. The highest BCUT2D eigenvalue weighted by molar-refractivity contribution is 5.96. The van der Waals surface area contributed by atoms with Gasteiger partial charge < -0.3 is 14.2 Å². The molecule has 5 rings (SSSR count). The van der Waals surface area contributed by atoms with E-state index in [0.717, 1.165) is 44.8 Å². The van der Waals surface area contributed by atoms with Crippen molar-refractivity contribution < 1.29 is 14.1 Å². The van der Waals surface area contributed by atoms with Crippen LogP contribution in [-0.4, -0.2) is 42.3 Å². The van der Waals surface area contributed by atoms with Gasteiger partial charge in [-0.2, -0.15) is 5.26 Å². The van der Waals surface area contributed by atoms with Crippen LogP contribution in [0.5, 0.6) is 0 Å². The molecule has 1 aliphatic heterocycles. The fourth-order valence-electron chi connectivity index (χ4n) is 4.52. The van der Waals surface area contributed by atoms with E-state index < -0.39 is 0 Å². The number of rotatable bonds is 2. The van der Waals surface area contributed by atoms with Gasteiger partial charge in [-0.3, -0.25) is 4.79 Å². The van der Waals surface area contributed by atoms with Crippen LogP contribution in [0.2, 0.25) is 0 Å². The van der Waals surface area contributed by atoms with Crippen molar-refractivity contribution in [2.75, 3.05) is 26.3 Å². The van der Waals surface area contributed by atoms with E-state index in [0.29, 0.717) is 43.9 Å². The number of nitriles is 1. The highest BCUT2D eigenvalue weighted by Gasteiger charge is 2.26. The van der Waals surface area contributed by atoms with Crippen molar-refractivity contribution in [2.45, 2.75) is 20.3 Å². The Hall–Kier alpha value is -3.43. The van der Waals surface area contributed by atoms with Crippen LogP contribution in [0.15, 0.2) is 34.9 Å². The Kier molecular flexibility index (Phi) is 4.41. The van der Waals surface area contributed by atoms with Crippen molar-refractivity contribution in [3.63, 3.8) is 0 Å². The van der Waals surface area contributed by atoms with Gasteiger partial charge in [-0.1, -0.05) is 11.2 Å². The van der Waals surface area contributed by atoms with E-state index in [4.69, 9.17) is 9.26 Å². The largest absolute Gasteiger partial charge is 0.378 e. The monoisotopic (exact) mass is 399 g/mol. The van der Waals surface area contributed by atoms with Crippen molar-refractivity contribution in [2.24, 2.45) is 0 Å². The predicted molar refractivity (Wildman–Crippen MR) is 111 cm³/mol. The predicted octanol–water partition coefficient (Wildman–Crippen LogP) is 3.87. The van der Waals surface area contributed by atoms with E-state index in [1.54, 1.807) is 0 Å². The molecule has 1 aromatic heterocycles. The van der Waals surface area contributed by atoms with Gasteiger partial charge in [0.05, 0.1) is 30.5 Å². The third-order valence-corrected chi connectivity index (χ3v) is 6.00. The molecule has 1 saturated heterocycles.